The number of hydrogen-bond acceptors (Lipinski definition) is 3. The first-order valence-electron chi connectivity index (χ1n) is 4.38. The predicted molar refractivity (Wildman–Crippen MR) is 50.1 cm³/mol. The van der Waals surface area contributed by atoms with Gasteiger partial charge in [-0.25, -0.2) is 8.78 Å². The quantitative estimate of drug-likeness (QED) is 0.825. The van der Waals surface area contributed by atoms with Gasteiger partial charge in [0.1, 0.15) is 17.4 Å². The Hall–Kier alpha value is -1.69. The van der Waals surface area contributed by atoms with Gasteiger partial charge in [0, 0.05) is 12.1 Å². The van der Waals surface area contributed by atoms with E-state index in [1.165, 1.54) is 7.11 Å². The van der Waals surface area contributed by atoms with E-state index in [-0.39, 0.29) is 5.75 Å². The minimum atomic E-state index is -1.72. The minimum Gasteiger partial charge on any atom is -0.497 e. The van der Waals surface area contributed by atoms with Crippen LogP contribution < -0.4 is 4.74 Å². The van der Waals surface area contributed by atoms with Crippen LogP contribution in [-0.2, 0) is 4.79 Å². The SMILES string of the molecule is COc1cc(F)c([C@H](O)CC(=O)O)c(F)c1. The molecule has 0 heterocycles. The molecule has 16 heavy (non-hydrogen) atoms. The van der Waals surface area contributed by atoms with E-state index in [0.717, 1.165) is 12.1 Å². The van der Waals surface area contributed by atoms with E-state index >= 15 is 0 Å². The molecule has 0 radical (unpaired) electrons. The molecule has 0 saturated heterocycles. The number of carboxylic acids is 1. The number of hydrogen-bond donors (Lipinski definition) is 2. The Bertz CT molecular complexity index is 383. The van der Waals surface area contributed by atoms with Crippen LogP contribution in [0.25, 0.3) is 0 Å². The Morgan fingerprint density at radius 3 is 2.31 bits per heavy atom. The lowest BCUT2D eigenvalue weighted by Crippen LogP contribution is -2.09. The van der Waals surface area contributed by atoms with Crippen molar-refractivity contribution >= 4 is 5.97 Å². The second kappa shape index (κ2) is 4.89. The van der Waals surface area contributed by atoms with Crippen molar-refractivity contribution < 1.29 is 28.5 Å². The Balaban J connectivity index is 3.08. The van der Waals surface area contributed by atoms with Gasteiger partial charge >= 0.3 is 5.97 Å². The van der Waals surface area contributed by atoms with Crippen molar-refractivity contribution in [3.63, 3.8) is 0 Å². The molecule has 6 heteroatoms. The summed E-state index contributed by atoms with van der Waals surface area (Å²) < 4.78 is 31.3. The van der Waals surface area contributed by atoms with E-state index in [1.807, 2.05) is 0 Å². The number of ether oxygens (including phenoxy) is 1. The number of aliphatic carboxylic acids is 1. The van der Waals surface area contributed by atoms with E-state index < -0.39 is 35.7 Å². The van der Waals surface area contributed by atoms with Crippen molar-refractivity contribution in [2.75, 3.05) is 7.11 Å². The maximum atomic E-state index is 13.3. The molecule has 0 aliphatic carbocycles. The monoisotopic (exact) mass is 232 g/mol. The van der Waals surface area contributed by atoms with Crippen molar-refractivity contribution in [2.45, 2.75) is 12.5 Å². The fraction of sp³-hybridized carbons (Fsp3) is 0.300. The van der Waals surface area contributed by atoms with Crippen LogP contribution in [0.5, 0.6) is 5.75 Å². The number of halogens is 2. The molecule has 0 fully saturated rings. The van der Waals surface area contributed by atoms with Gasteiger partial charge in [0.2, 0.25) is 0 Å². The van der Waals surface area contributed by atoms with Gasteiger partial charge in [-0.2, -0.15) is 0 Å². The molecule has 1 rings (SSSR count). The summed E-state index contributed by atoms with van der Waals surface area (Å²) in [6.45, 7) is 0. The summed E-state index contributed by atoms with van der Waals surface area (Å²) in [7, 11) is 1.24. The molecule has 1 atom stereocenters. The van der Waals surface area contributed by atoms with Crippen molar-refractivity contribution in [2.24, 2.45) is 0 Å². The first kappa shape index (κ1) is 12.4. The number of methoxy groups -OCH3 is 1. The van der Waals surface area contributed by atoms with Crippen LogP contribution in [0.4, 0.5) is 8.78 Å². The van der Waals surface area contributed by atoms with Gasteiger partial charge in [0.15, 0.2) is 0 Å². The summed E-state index contributed by atoms with van der Waals surface area (Å²) >= 11 is 0. The molecule has 0 aliphatic rings. The minimum absolute atomic E-state index is 0.0405. The Morgan fingerprint density at radius 2 is 1.94 bits per heavy atom. The summed E-state index contributed by atoms with van der Waals surface area (Å²) in [5.41, 5.74) is -0.664. The fourth-order valence-electron chi connectivity index (χ4n) is 1.26. The summed E-state index contributed by atoms with van der Waals surface area (Å²) in [4.78, 5) is 10.3. The van der Waals surface area contributed by atoms with Crippen molar-refractivity contribution in [3.05, 3.63) is 29.3 Å². The van der Waals surface area contributed by atoms with Crippen LogP contribution in [-0.4, -0.2) is 23.3 Å². The van der Waals surface area contributed by atoms with Crippen LogP contribution in [0.2, 0.25) is 0 Å². The van der Waals surface area contributed by atoms with Gasteiger partial charge in [0.05, 0.1) is 25.2 Å². The number of rotatable bonds is 4. The largest absolute Gasteiger partial charge is 0.497 e. The van der Waals surface area contributed by atoms with E-state index in [0.29, 0.717) is 0 Å². The lowest BCUT2D eigenvalue weighted by Gasteiger charge is -2.11. The molecule has 0 saturated carbocycles. The smallest absolute Gasteiger partial charge is 0.306 e. The van der Waals surface area contributed by atoms with Crippen molar-refractivity contribution in [3.8, 4) is 5.75 Å². The number of aliphatic hydroxyl groups is 1. The number of carbonyl (C=O) groups is 1. The van der Waals surface area contributed by atoms with E-state index in [4.69, 9.17) is 5.11 Å². The Morgan fingerprint density at radius 1 is 1.44 bits per heavy atom. The standard InChI is InChI=1S/C10H10F2O4/c1-16-5-2-6(11)10(7(12)3-5)8(13)4-9(14)15/h2-3,8,13H,4H2,1H3,(H,14,15)/t8-/m1/s1. The third-order valence-electron chi connectivity index (χ3n) is 1.99. The molecule has 0 bridgehead atoms. The normalized spacial score (nSPS) is 12.2. The highest BCUT2D eigenvalue weighted by atomic mass is 19.1. The molecule has 0 spiro atoms. The molecule has 0 aliphatic heterocycles. The first-order valence-corrected chi connectivity index (χ1v) is 4.38. The molecule has 1 aromatic carbocycles. The third-order valence-corrected chi connectivity index (χ3v) is 1.99. The molecule has 2 N–H and O–H groups in total. The zero-order chi connectivity index (χ0) is 12.3. The van der Waals surface area contributed by atoms with Crippen molar-refractivity contribution in [1.29, 1.82) is 0 Å². The summed E-state index contributed by atoms with van der Waals surface area (Å²) in [6, 6.07) is 1.76. The van der Waals surface area contributed by atoms with Crippen LogP contribution in [0.1, 0.15) is 18.1 Å². The fourth-order valence-corrected chi connectivity index (χ4v) is 1.26. The maximum absolute atomic E-state index is 13.3. The molecule has 4 nitrogen and oxygen atoms in total. The zero-order valence-corrected chi connectivity index (χ0v) is 8.41. The summed E-state index contributed by atoms with van der Waals surface area (Å²) in [6.07, 6.45) is -2.48. The molecule has 0 aromatic heterocycles. The topological polar surface area (TPSA) is 66.8 Å². The highest BCUT2D eigenvalue weighted by Crippen LogP contribution is 2.27. The second-order valence-corrected chi connectivity index (χ2v) is 3.12. The second-order valence-electron chi connectivity index (χ2n) is 3.12. The highest BCUT2D eigenvalue weighted by Gasteiger charge is 2.21. The Kier molecular flexibility index (Phi) is 3.78. The molecule has 1 aromatic rings. The Labute approximate surface area is 90.1 Å². The lowest BCUT2D eigenvalue weighted by atomic mass is 10.1. The third kappa shape index (κ3) is 2.66. The van der Waals surface area contributed by atoms with E-state index in [2.05, 4.69) is 4.74 Å². The van der Waals surface area contributed by atoms with Crippen LogP contribution in [0.3, 0.4) is 0 Å². The van der Waals surface area contributed by atoms with Gasteiger partial charge in [-0.3, -0.25) is 4.79 Å². The number of benzene rings is 1. The van der Waals surface area contributed by atoms with Gasteiger partial charge in [-0.15, -0.1) is 0 Å². The average Bonchev–Trinajstić information content (AvgIpc) is 2.15. The molecule has 88 valence electrons. The van der Waals surface area contributed by atoms with Gasteiger partial charge in [-0.1, -0.05) is 0 Å². The zero-order valence-electron chi connectivity index (χ0n) is 8.41. The molecule has 0 unspecified atom stereocenters. The van der Waals surface area contributed by atoms with Crippen LogP contribution >= 0.6 is 0 Å². The molecular formula is C10H10F2O4. The number of carboxylic acid groups (broad SMARTS) is 1. The van der Waals surface area contributed by atoms with Crippen molar-refractivity contribution in [1.82, 2.24) is 0 Å². The highest BCUT2D eigenvalue weighted by molar-refractivity contribution is 5.67. The number of aliphatic hydroxyl groups excluding tert-OH is 1. The van der Waals surface area contributed by atoms with Gasteiger partial charge in [0.25, 0.3) is 0 Å². The first-order chi connectivity index (χ1) is 7.45. The van der Waals surface area contributed by atoms with Crippen LogP contribution in [0.15, 0.2) is 12.1 Å². The summed E-state index contributed by atoms with van der Waals surface area (Å²) in [5, 5.41) is 17.7. The van der Waals surface area contributed by atoms with E-state index in [1.54, 1.807) is 0 Å². The van der Waals surface area contributed by atoms with E-state index in [9.17, 15) is 18.7 Å². The van der Waals surface area contributed by atoms with Gasteiger partial charge in [-0.05, 0) is 0 Å². The molecule has 0 amide bonds. The average molecular weight is 232 g/mol. The maximum Gasteiger partial charge on any atom is 0.306 e. The van der Waals surface area contributed by atoms with Gasteiger partial charge < -0.3 is 14.9 Å². The molecular weight excluding hydrogens is 222 g/mol. The predicted octanol–water partition coefficient (Wildman–Crippen LogP) is 1.48. The lowest BCUT2D eigenvalue weighted by molar-refractivity contribution is -0.139. The van der Waals surface area contributed by atoms with Crippen LogP contribution in [0, 0.1) is 11.6 Å². The summed E-state index contributed by atoms with van der Waals surface area (Å²) in [5.74, 6) is -3.46.